The second kappa shape index (κ2) is 8.96. The predicted octanol–water partition coefficient (Wildman–Crippen LogP) is 3.97. The van der Waals surface area contributed by atoms with Crippen LogP contribution in [0.15, 0.2) is 30.7 Å². The van der Waals surface area contributed by atoms with Crippen molar-refractivity contribution in [3.8, 4) is 0 Å². The van der Waals surface area contributed by atoms with Gasteiger partial charge in [-0.25, -0.2) is 9.97 Å². The second-order valence-corrected chi connectivity index (χ2v) is 10.5. The molecule has 6 rings (SSSR count). The molecule has 1 aromatic carbocycles. The van der Waals surface area contributed by atoms with E-state index in [1.165, 1.54) is 36.4 Å². The Kier molecular flexibility index (Phi) is 5.66. The molecule has 1 fully saturated rings. The van der Waals surface area contributed by atoms with Crippen LogP contribution >= 0.6 is 11.3 Å². The zero-order chi connectivity index (χ0) is 23.1. The fourth-order valence-electron chi connectivity index (χ4n) is 5.29. The number of rotatable bonds is 6. The fourth-order valence-corrected chi connectivity index (χ4v) is 6.56. The first-order valence-electron chi connectivity index (χ1n) is 12.1. The smallest absolute Gasteiger partial charge is 0.225 e. The molecular weight excluding hydrogens is 446 g/mol. The van der Waals surface area contributed by atoms with E-state index in [4.69, 9.17) is 0 Å². The molecule has 9 heteroatoms. The fraction of sp³-hybridized carbons (Fsp3) is 0.440. The number of thiophene rings is 1. The van der Waals surface area contributed by atoms with E-state index in [0.29, 0.717) is 0 Å². The standard InChI is InChI=1S/C25H29N7OS/c1-31(10-11-32-8-2-3-9-32)25(33)16-4-6-19-21(13-16)34-24-22(19)23(26-15-27-24)29-18-5-7-20-17(12-18)14-28-30-20/h5,7,12,14-16H,2-4,6,8-11,13H2,1H3,(H,28,30)(H,26,27,29). The van der Waals surface area contributed by atoms with Crippen molar-refractivity contribution in [2.75, 3.05) is 38.5 Å². The minimum Gasteiger partial charge on any atom is -0.344 e. The third kappa shape index (κ3) is 4.03. The molecule has 1 unspecified atom stereocenters. The molecule has 0 bridgehead atoms. The van der Waals surface area contributed by atoms with Gasteiger partial charge < -0.3 is 15.1 Å². The molecule has 3 aromatic heterocycles. The normalized spacial score (nSPS) is 18.4. The summed E-state index contributed by atoms with van der Waals surface area (Å²) in [5.74, 6) is 1.16. The number of amides is 1. The molecule has 34 heavy (non-hydrogen) atoms. The van der Waals surface area contributed by atoms with Gasteiger partial charge in [-0.15, -0.1) is 11.3 Å². The number of nitrogens with one attached hydrogen (secondary N) is 2. The van der Waals surface area contributed by atoms with Crippen LogP contribution in [0.2, 0.25) is 0 Å². The maximum absolute atomic E-state index is 13.2. The number of likely N-dealkylation sites (N-methyl/N-ethyl adjacent to an activating group) is 1. The van der Waals surface area contributed by atoms with E-state index in [-0.39, 0.29) is 11.8 Å². The highest BCUT2D eigenvalue weighted by molar-refractivity contribution is 7.19. The molecule has 176 valence electrons. The molecule has 1 amide bonds. The quantitative estimate of drug-likeness (QED) is 0.439. The topological polar surface area (TPSA) is 90.0 Å². The number of benzene rings is 1. The van der Waals surface area contributed by atoms with Gasteiger partial charge in [-0.05, 0) is 69.0 Å². The molecule has 0 spiro atoms. The van der Waals surface area contributed by atoms with Crippen molar-refractivity contribution in [2.24, 2.45) is 5.92 Å². The Morgan fingerprint density at radius 2 is 2.18 bits per heavy atom. The molecule has 1 aliphatic heterocycles. The number of fused-ring (bicyclic) bond motifs is 4. The average molecular weight is 476 g/mol. The number of aromatic amines is 1. The number of hydrogen-bond acceptors (Lipinski definition) is 7. The summed E-state index contributed by atoms with van der Waals surface area (Å²) in [4.78, 5) is 29.0. The van der Waals surface area contributed by atoms with Crippen LogP contribution in [0.3, 0.4) is 0 Å². The van der Waals surface area contributed by atoms with E-state index in [0.717, 1.165) is 65.0 Å². The number of H-pyrrole nitrogens is 1. The van der Waals surface area contributed by atoms with E-state index >= 15 is 0 Å². The minimum atomic E-state index is 0.0528. The predicted molar refractivity (Wildman–Crippen MR) is 136 cm³/mol. The molecule has 1 aliphatic carbocycles. The lowest BCUT2D eigenvalue weighted by molar-refractivity contribution is -0.134. The first-order valence-corrected chi connectivity index (χ1v) is 12.9. The molecule has 8 nitrogen and oxygen atoms in total. The summed E-state index contributed by atoms with van der Waals surface area (Å²) in [5.41, 5.74) is 3.28. The van der Waals surface area contributed by atoms with Gasteiger partial charge in [-0.2, -0.15) is 5.10 Å². The van der Waals surface area contributed by atoms with Gasteiger partial charge >= 0.3 is 0 Å². The Hall–Kier alpha value is -3.04. The highest BCUT2D eigenvalue weighted by Crippen LogP contribution is 2.40. The lowest BCUT2D eigenvalue weighted by atomic mass is 9.87. The third-order valence-corrected chi connectivity index (χ3v) is 8.39. The van der Waals surface area contributed by atoms with Crippen LogP contribution in [0.4, 0.5) is 11.5 Å². The average Bonchev–Trinajstić information content (AvgIpc) is 3.61. The summed E-state index contributed by atoms with van der Waals surface area (Å²) in [6, 6.07) is 6.11. The maximum Gasteiger partial charge on any atom is 0.225 e. The van der Waals surface area contributed by atoms with Crippen molar-refractivity contribution < 1.29 is 4.79 Å². The van der Waals surface area contributed by atoms with Crippen LogP contribution < -0.4 is 5.32 Å². The van der Waals surface area contributed by atoms with E-state index in [1.54, 1.807) is 17.7 Å². The number of nitrogens with zero attached hydrogens (tertiary/aromatic N) is 5. The van der Waals surface area contributed by atoms with Gasteiger partial charge in [0.05, 0.1) is 17.1 Å². The monoisotopic (exact) mass is 475 g/mol. The van der Waals surface area contributed by atoms with Crippen LogP contribution in [0.5, 0.6) is 0 Å². The van der Waals surface area contributed by atoms with Gasteiger partial charge in [0.1, 0.15) is 17.0 Å². The van der Waals surface area contributed by atoms with E-state index < -0.39 is 0 Å². The summed E-state index contributed by atoms with van der Waals surface area (Å²) < 4.78 is 0. The van der Waals surface area contributed by atoms with Gasteiger partial charge in [0, 0.05) is 42.0 Å². The molecule has 4 aromatic rings. The molecule has 2 aliphatic rings. The summed E-state index contributed by atoms with van der Waals surface area (Å²) >= 11 is 1.71. The number of aromatic nitrogens is 4. The molecule has 1 saturated heterocycles. The zero-order valence-corrected chi connectivity index (χ0v) is 20.2. The van der Waals surface area contributed by atoms with Crippen molar-refractivity contribution >= 4 is 49.9 Å². The van der Waals surface area contributed by atoms with Crippen LogP contribution in [-0.2, 0) is 17.6 Å². The first kappa shape index (κ1) is 21.5. The van der Waals surface area contributed by atoms with Gasteiger partial charge in [-0.3, -0.25) is 9.89 Å². The number of carbonyl (C=O) groups excluding carboxylic acids is 1. The van der Waals surface area contributed by atoms with Crippen molar-refractivity contribution in [3.05, 3.63) is 41.2 Å². The van der Waals surface area contributed by atoms with Crippen LogP contribution in [0, 0.1) is 5.92 Å². The number of aryl methyl sites for hydroxylation is 1. The van der Waals surface area contributed by atoms with Gasteiger partial charge in [-0.1, -0.05) is 0 Å². The lowest BCUT2D eigenvalue weighted by Crippen LogP contribution is -2.39. The van der Waals surface area contributed by atoms with Gasteiger partial charge in [0.2, 0.25) is 5.91 Å². The summed E-state index contributed by atoms with van der Waals surface area (Å²) in [6.45, 7) is 4.14. The van der Waals surface area contributed by atoms with Gasteiger partial charge in [0.25, 0.3) is 0 Å². The summed E-state index contributed by atoms with van der Waals surface area (Å²) in [5, 5.41) is 12.7. The Morgan fingerprint density at radius 3 is 3.06 bits per heavy atom. The van der Waals surface area contributed by atoms with Crippen LogP contribution in [0.1, 0.15) is 29.7 Å². The van der Waals surface area contributed by atoms with Gasteiger partial charge in [0.15, 0.2) is 0 Å². The molecule has 0 radical (unpaired) electrons. The highest BCUT2D eigenvalue weighted by Gasteiger charge is 2.30. The Bertz CT molecular complexity index is 1340. The molecule has 1 atom stereocenters. The second-order valence-electron chi connectivity index (χ2n) is 9.45. The largest absolute Gasteiger partial charge is 0.344 e. The minimum absolute atomic E-state index is 0.0528. The molecule has 0 saturated carbocycles. The van der Waals surface area contributed by atoms with E-state index in [9.17, 15) is 4.79 Å². The number of likely N-dealkylation sites (tertiary alicyclic amines) is 1. The van der Waals surface area contributed by atoms with E-state index in [1.807, 2.05) is 30.3 Å². The van der Waals surface area contributed by atoms with E-state index in [2.05, 4.69) is 36.4 Å². The third-order valence-electron chi connectivity index (χ3n) is 7.22. The summed E-state index contributed by atoms with van der Waals surface area (Å²) in [6.07, 6.45) is 8.57. The highest BCUT2D eigenvalue weighted by atomic mass is 32.1. The molecule has 2 N–H and O–H groups in total. The Morgan fingerprint density at radius 1 is 1.29 bits per heavy atom. The number of anilines is 2. The SMILES string of the molecule is CN(CCN1CCCC1)C(=O)C1CCc2c(sc3ncnc(Nc4ccc5[nH]ncc5c4)c23)C1. The van der Waals surface area contributed by atoms with Crippen molar-refractivity contribution in [1.82, 2.24) is 30.0 Å². The van der Waals surface area contributed by atoms with Crippen molar-refractivity contribution in [1.29, 1.82) is 0 Å². The molecule has 4 heterocycles. The van der Waals surface area contributed by atoms with Crippen LogP contribution in [-0.4, -0.2) is 69.1 Å². The maximum atomic E-state index is 13.2. The zero-order valence-electron chi connectivity index (χ0n) is 19.4. The summed E-state index contributed by atoms with van der Waals surface area (Å²) in [7, 11) is 1.96. The van der Waals surface area contributed by atoms with Crippen molar-refractivity contribution in [3.63, 3.8) is 0 Å². The number of hydrogen-bond donors (Lipinski definition) is 2. The lowest BCUT2D eigenvalue weighted by Gasteiger charge is -2.28. The van der Waals surface area contributed by atoms with Crippen molar-refractivity contribution in [2.45, 2.75) is 32.1 Å². The Balaban J connectivity index is 1.20. The Labute approximate surface area is 202 Å². The molecular formula is C25H29N7OS. The first-order chi connectivity index (χ1) is 16.7. The number of carbonyl (C=O) groups is 1. The van der Waals surface area contributed by atoms with Crippen LogP contribution in [0.25, 0.3) is 21.1 Å².